The third kappa shape index (κ3) is 3.89. The molecular formula is C19H15F2NO3S. The lowest BCUT2D eigenvalue weighted by atomic mass is 10.1. The van der Waals surface area contributed by atoms with E-state index in [4.69, 9.17) is 5.11 Å². The molecule has 3 rings (SSSR count). The Morgan fingerprint density at radius 1 is 0.923 bits per heavy atom. The molecule has 2 N–H and O–H groups in total. The zero-order chi connectivity index (χ0) is 18.7. The normalized spacial score (nSPS) is 11.3. The van der Waals surface area contributed by atoms with Crippen LogP contribution in [-0.2, 0) is 16.6 Å². The van der Waals surface area contributed by atoms with E-state index in [1.807, 2.05) is 0 Å². The first-order chi connectivity index (χ1) is 12.4. The van der Waals surface area contributed by atoms with Crippen LogP contribution in [0.25, 0.3) is 11.1 Å². The van der Waals surface area contributed by atoms with Crippen molar-refractivity contribution in [2.24, 2.45) is 0 Å². The van der Waals surface area contributed by atoms with Gasteiger partial charge in [0.2, 0.25) is 0 Å². The molecule has 0 amide bonds. The topological polar surface area (TPSA) is 66.4 Å². The molecule has 7 heteroatoms. The second-order valence-corrected chi connectivity index (χ2v) is 7.29. The molecule has 0 radical (unpaired) electrons. The van der Waals surface area contributed by atoms with Crippen LogP contribution in [0, 0.1) is 11.6 Å². The summed E-state index contributed by atoms with van der Waals surface area (Å²) in [5, 5.41) is 9.12. The summed E-state index contributed by atoms with van der Waals surface area (Å²) < 4.78 is 54.2. The standard InChI is InChI=1S/C19H15F2NO3S/c20-15-6-9-18(19(21)11-15)14-4-7-17(8-5-14)26(24,25)22-16-3-1-2-13(10-16)12-23/h1-11,22-23H,12H2. The number of benzene rings is 3. The molecular weight excluding hydrogens is 360 g/mol. The summed E-state index contributed by atoms with van der Waals surface area (Å²) in [6.45, 7) is -0.201. The predicted octanol–water partition coefficient (Wildman–Crippen LogP) is 3.92. The lowest BCUT2D eigenvalue weighted by Crippen LogP contribution is -2.13. The van der Waals surface area contributed by atoms with E-state index >= 15 is 0 Å². The van der Waals surface area contributed by atoms with Crippen LogP contribution in [-0.4, -0.2) is 13.5 Å². The molecule has 0 saturated heterocycles. The molecule has 0 fully saturated rings. The molecule has 0 saturated carbocycles. The molecule has 0 spiro atoms. The summed E-state index contributed by atoms with van der Waals surface area (Å²) in [6.07, 6.45) is 0. The summed E-state index contributed by atoms with van der Waals surface area (Å²) in [7, 11) is -3.84. The largest absolute Gasteiger partial charge is 0.392 e. The number of rotatable bonds is 5. The molecule has 0 unspecified atom stereocenters. The summed E-state index contributed by atoms with van der Waals surface area (Å²) >= 11 is 0. The number of anilines is 1. The Hall–Kier alpha value is -2.77. The van der Waals surface area contributed by atoms with E-state index in [-0.39, 0.29) is 17.1 Å². The van der Waals surface area contributed by atoms with E-state index in [0.29, 0.717) is 16.8 Å². The Balaban J connectivity index is 1.87. The highest BCUT2D eigenvalue weighted by molar-refractivity contribution is 7.92. The van der Waals surface area contributed by atoms with Crippen molar-refractivity contribution in [1.82, 2.24) is 0 Å². The van der Waals surface area contributed by atoms with Crippen molar-refractivity contribution in [3.05, 3.63) is 83.9 Å². The first kappa shape index (κ1) is 18.0. The second kappa shape index (κ2) is 7.23. The van der Waals surface area contributed by atoms with E-state index in [0.717, 1.165) is 12.1 Å². The van der Waals surface area contributed by atoms with Gasteiger partial charge in [-0.3, -0.25) is 4.72 Å². The number of aliphatic hydroxyl groups is 1. The van der Waals surface area contributed by atoms with Gasteiger partial charge in [-0.15, -0.1) is 0 Å². The fourth-order valence-electron chi connectivity index (χ4n) is 2.48. The maximum absolute atomic E-state index is 13.8. The van der Waals surface area contributed by atoms with Crippen LogP contribution in [0.2, 0.25) is 0 Å². The average Bonchev–Trinajstić information content (AvgIpc) is 2.62. The Labute approximate surface area is 149 Å². The van der Waals surface area contributed by atoms with Crippen molar-refractivity contribution in [3.8, 4) is 11.1 Å². The number of hydrogen-bond donors (Lipinski definition) is 2. The molecule has 0 aliphatic carbocycles. The van der Waals surface area contributed by atoms with Crippen LogP contribution in [0.1, 0.15) is 5.56 Å². The number of nitrogens with one attached hydrogen (secondary N) is 1. The van der Waals surface area contributed by atoms with Gasteiger partial charge in [-0.1, -0.05) is 24.3 Å². The maximum atomic E-state index is 13.8. The lowest BCUT2D eigenvalue weighted by Gasteiger charge is -2.10. The van der Waals surface area contributed by atoms with Gasteiger partial charge in [0, 0.05) is 17.3 Å². The van der Waals surface area contributed by atoms with Crippen molar-refractivity contribution in [3.63, 3.8) is 0 Å². The lowest BCUT2D eigenvalue weighted by molar-refractivity contribution is 0.282. The Bertz CT molecular complexity index is 1030. The van der Waals surface area contributed by atoms with Gasteiger partial charge in [0.15, 0.2) is 0 Å². The minimum Gasteiger partial charge on any atom is -0.392 e. The van der Waals surface area contributed by atoms with Gasteiger partial charge < -0.3 is 5.11 Å². The smallest absolute Gasteiger partial charge is 0.261 e. The van der Waals surface area contributed by atoms with Gasteiger partial charge in [0.05, 0.1) is 11.5 Å². The fraction of sp³-hybridized carbons (Fsp3) is 0.0526. The van der Waals surface area contributed by atoms with E-state index in [2.05, 4.69) is 4.72 Å². The van der Waals surface area contributed by atoms with E-state index in [1.54, 1.807) is 18.2 Å². The van der Waals surface area contributed by atoms with E-state index in [9.17, 15) is 17.2 Å². The van der Waals surface area contributed by atoms with Crippen LogP contribution in [0.4, 0.5) is 14.5 Å². The molecule has 26 heavy (non-hydrogen) atoms. The maximum Gasteiger partial charge on any atom is 0.261 e. The molecule has 0 heterocycles. The first-order valence-electron chi connectivity index (χ1n) is 7.67. The highest BCUT2D eigenvalue weighted by Gasteiger charge is 2.15. The third-order valence-electron chi connectivity index (χ3n) is 3.77. The van der Waals surface area contributed by atoms with Crippen molar-refractivity contribution in [2.75, 3.05) is 4.72 Å². The molecule has 0 aliphatic heterocycles. The van der Waals surface area contributed by atoms with E-state index in [1.165, 1.54) is 36.4 Å². The molecule has 3 aromatic carbocycles. The Morgan fingerprint density at radius 2 is 1.65 bits per heavy atom. The molecule has 134 valence electrons. The molecule has 0 atom stereocenters. The first-order valence-corrected chi connectivity index (χ1v) is 9.15. The SMILES string of the molecule is O=S(=O)(Nc1cccc(CO)c1)c1ccc(-c2ccc(F)cc2F)cc1. The monoisotopic (exact) mass is 375 g/mol. The third-order valence-corrected chi connectivity index (χ3v) is 5.17. The van der Waals surface area contributed by atoms with Crippen LogP contribution in [0.5, 0.6) is 0 Å². The highest BCUT2D eigenvalue weighted by atomic mass is 32.2. The van der Waals surface area contributed by atoms with Gasteiger partial charge in [-0.05, 0) is 47.5 Å². The van der Waals surface area contributed by atoms with Crippen molar-refractivity contribution in [1.29, 1.82) is 0 Å². The van der Waals surface area contributed by atoms with Crippen molar-refractivity contribution >= 4 is 15.7 Å². The molecule has 0 bridgehead atoms. The zero-order valence-electron chi connectivity index (χ0n) is 13.5. The summed E-state index contributed by atoms with van der Waals surface area (Å²) in [4.78, 5) is -0.00169. The van der Waals surface area contributed by atoms with Crippen LogP contribution in [0.3, 0.4) is 0 Å². The molecule has 4 nitrogen and oxygen atoms in total. The molecule has 0 aromatic heterocycles. The van der Waals surface area contributed by atoms with Crippen molar-refractivity contribution < 1.29 is 22.3 Å². The van der Waals surface area contributed by atoms with Gasteiger partial charge >= 0.3 is 0 Å². The van der Waals surface area contributed by atoms with Gasteiger partial charge in [-0.25, -0.2) is 17.2 Å². The predicted molar refractivity (Wildman–Crippen MR) is 95.0 cm³/mol. The van der Waals surface area contributed by atoms with Gasteiger partial charge in [0.1, 0.15) is 11.6 Å². The number of aliphatic hydroxyl groups excluding tert-OH is 1. The fourth-order valence-corrected chi connectivity index (χ4v) is 3.53. The van der Waals surface area contributed by atoms with E-state index < -0.39 is 21.7 Å². The zero-order valence-corrected chi connectivity index (χ0v) is 14.3. The molecule has 0 aliphatic rings. The van der Waals surface area contributed by atoms with Crippen molar-refractivity contribution in [2.45, 2.75) is 11.5 Å². The summed E-state index contributed by atoms with van der Waals surface area (Å²) in [5.74, 6) is -1.40. The average molecular weight is 375 g/mol. The molecule has 3 aromatic rings. The second-order valence-electron chi connectivity index (χ2n) is 5.61. The highest BCUT2D eigenvalue weighted by Crippen LogP contribution is 2.25. The Morgan fingerprint density at radius 3 is 2.31 bits per heavy atom. The Kier molecular flexibility index (Phi) is 5.01. The van der Waals surface area contributed by atoms with Crippen LogP contribution in [0.15, 0.2) is 71.6 Å². The number of sulfonamides is 1. The number of hydrogen-bond acceptors (Lipinski definition) is 3. The van der Waals surface area contributed by atoms with Gasteiger partial charge in [-0.2, -0.15) is 0 Å². The summed E-state index contributed by atoms with van der Waals surface area (Å²) in [6, 6.07) is 15.2. The van der Waals surface area contributed by atoms with Crippen LogP contribution < -0.4 is 4.72 Å². The number of halogens is 2. The van der Waals surface area contributed by atoms with Gasteiger partial charge in [0.25, 0.3) is 10.0 Å². The van der Waals surface area contributed by atoms with Crippen LogP contribution >= 0.6 is 0 Å². The minimum atomic E-state index is -3.84. The quantitative estimate of drug-likeness (QED) is 0.710. The minimum absolute atomic E-state index is 0.00169. The summed E-state index contributed by atoms with van der Waals surface area (Å²) in [5.41, 5.74) is 1.51.